The number of imidazole rings is 1. The normalized spacial score (nSPS) is 15.7. The molecule has 0 spiro atoms. The summed E-state index contributed by atoms with van der Waals surface area (Å²) in [6.07, 6.45) is 8.28. The molecule has 1 fully saturated rings. The molecule has 0 N–H and O–H groups in total. The van der Waals surface area contributed by atoms with Gasteiger partial charge in [-0.1, -0.05) is 12.6 Å². The van der Waals surface area contributed by atoms with Crippen LogP contribution in [0.2, 0.25) is 0 Å². The number of halogens is 2. The molecular weight excluding hydrogens is 426 g/mol. The van der Waals surface area contributed by atoms with Crippen LogP contribution < -0.4 is 4.74 Å². The van der Waals surface area contributed by atoms with Crippen LogP contribution in [0.5, 0.6) is 11.5 Å². The summed E-state index contributed by atoms with van der Waals surface area (Å²) in [5, 5.41) is 0. The summed E-state index contributed by atoms with van der Waals surface area (Å²) in [4.78, 5) is 23.3. The highest BCUT2D eigenvalue weighted by Gasteiger charge is 2.32. The van der Waals surface area contributed by atoms with Gasteiger partial charge in [0.2, 0.25) is 11.7 Å². The van der Waals surface area contributed by atoms with Crippen LogP contribution in [-0.2, 0) is 4.79 Å². The molecule has 1 aliphatic rings. The monoisotopic (exact) mass is 446 g/mol. The van der Waals surface area contributed by atoms with Crippen LogP contribution >= 0.6 is 0 Å². The Hall–Kier alpha value is -4.07. The van der Waals surface area contributed by atoms with Crippen molar-refractivity contribution in [3.63, 3.8) is 0 Å². The minimum absolute atomic E-state index is 0.115. The van der Waals surface area contributed by atoms with Crippen LogP contribution in [0.1, 0.15) is 24.7 Å². The van der Waals surface area contributed by atoms with Crippen molar-refractivity contribution < 1.29 is 18.3 Å². The Morgan fingerprint density at radius 1 is 1.18 bits per heavy atom. The van der Waals surface area contributed by atoms with E-state index >= 15 is 0 Å². The van der Waals surface area contributed by atoms with Crippen molar-refractivity contribution in [1.82, 2.24) is 19.3 Å². The summed E-state index contributed by atoms with van der Waals surface area (Å²) in [7, 11) is 0. The first-order valence-corrected chi connectivity index (χ1v) is 10.5. The second-order valence-corrected chi connectivity index (χ2v) is 7.72. The summed E-state index contributed by atoms with van der Waals surface area (Å²) in [6.45, 7) is 4.27. The molecule has 1 atom stereocenters. The van der Waals surface area contributed by atoms with E-state index in [1.807, 2.05) is 10.6 Å². The molecular formula is C25H20F2N4O2. The topological polar surface area (TPSA) is 59.7 Å². The molecule has 5 rings (SSSR count). The number of carbonyl (C=O) groups excluding carboxylic acids is 1. The van der Waals surface area contributed by atoms with Gasteiger partial charge in [0, 0.05) is 24.5 Å². The lowest BCUT2D eigenvalue weighted by Crippen LogP contribution is -2.29. The van der Waals surface area contributed by atoms with E-state index in [1.54, 1.807) is 41.6 Å². The molecule has 1 amide bonds. The van der Waals surface area contributed by atoms with Gasteiger partial charge >= 0.3 is 0 Å². The summed E-state index contributed by atoms with van der Waals surface area (Å²) < 4.78 is 34.8. The number of ether oxygens (including phenoxy) is 1. The largest absolute Gasteiger partial charge is 0.454 e. The molecule has 0 bridgehead atoms. The molecule has 0 saturated carbocycles. The zero-order valence-electron chi connectivity index (χ0n) is 17.6. The smallest absolute Gasteiger partial charge is 0.246 e. The number of carbonyl (C=O) groups is 1. The highest BCUT2D eigenvalue weighted by Crippen LogP contribution is 2.36. The highest BCUT2D eigenvalue weighted by atomic mass is 19.2. The third-order valence-corrected chi connectivity index (χ3v) is 5.75. The van der Waals surface area contributed by atoms with E-state index in [0.717, 1.165) is 35.8 Å². The number of benzene rings is 2. The van der Waals surface area contributed by atoms with Crippen LogP contribution in [0.25, 0.3) is 16.8 Å². The van der Waals surface area contributed by atoms with Crippen molar-refractivity contribution in [2.24, 2.45) is 0 Å². The fourth-order valence-electron chi connectivity index (χ4n) is 4.20. The van der Waals surface area contributed by atoms with Crippen LogP contribution in [0.4, 0.5) is 8.78 Å². The van der Waals surface area contributed by atoms with Gasteiger partial charge in [-0.15, -0.1) is 0 Å². The molecule has 2 aromatic heterocycles. The van der Waals surface area contributed by atoms with Gasteiger partial charge in [-0.2, -0.15) is 4.39 Å². The Balaban J connectivity index is 1.50. The number of hydrogen-bond acceptors (Lipinski definition) is 4. The van der Waals surface area contributed by atoms with Crippen molar-refractivity contribution in [3.05, 3.63) is 91.2 Å². The van der Waals surface area contributed by atoms with Crippen molar-refractivity contribution in [2.45, 2.75) is 18.9 Å². The van der Waals surface area contributed by atoms with Crippen molar-refractivity contribution in [1.29, 1.82) is 0 Å². The predicted octanol–water partition coefficient (Wildman–Crippen LogP) is 5.32. The quantitative estimate of drug-likeness (QED) is 0.390. The van der Waals surface area contributed by atoms with Gasteiger partial charge in [-0.3, -0.25) is 14.2 Å². The van der Waals surface area contributed by atoms with E-state index < -0.39 is 11.6 Å². The first kappa shape index (κ1) is 20.8. The number of rotatable bonds is 5. The fourth-order valence-corrected chi connectivity index (χ4v) is 4.20. The third kappa shape index (κ3) is 3.73. The van der Waals surface area contributed by atoms with Crippen LogP contribution in [0, 0.1) is 11.6 Å². The van der Waals surface area contributed by atoms with E-state index in [4.69, 9.17) is 9.72 Å². The van der Waals surface area contributed by atoms with E-state index in [2.05, 4.69) is 11.6 Å². The summed E-state index contributed by atoms with van der Waals surface area (Å²) in [6, 6.07) is 10.6. The first-order chi connectivity index (χ1) is 16.1. The molecule has 33 heavy (non-hydrogen) atoms. The Kier molecular flexibility index (Phi) is 5.34. The van der Waals surface area contributed by atoms with E-state index in [0.29, 0.717) is 18.0 Å². The summed E-state index contributed by atoms with van der Waals surface area (Å²) in [5.41, 5.74) is 2.31. The molecule has 6 nitrogen and oxygen atoms in total. The number of nitrogens with zero attached hydrogens (tertiary/aromatic N) is 4. The Morgan fingerprint density at radius 3 is 2.79 bits per heavy atom. The van der Waals surface area contributed by atoms with E-state index in [1.165, 1.54) is 18.2 Å². The average Bonchev–Trinajstić information content (AvgIpc) is 3.47. The molecule has 1 saturated heterocycles. The maximum absolute atomic E-state index is 13.9. The number of amides is 1. The second kappa shape index (κ2) is 8.46. The first-order valence-electron chi connectivity index (χ1n) is 10.5. The van der Waals surface area contributed by atoms with Gasteiger partial charge in [0.1, 0.15) is 11.6 Å². The zero-order valence-corrected chi connectivity index (χ0v) is 17.6. The molecule has 0 radical (unpaired) electrons. The SMILES string of the molecule is C=CC(=O)N1CCCC1c1nc(-c2ccc(Oc3cccc(F)c3F)cc2)c2cnccn12. The third-order valence-electron chi connectivity index (χ3n) is 5.75. The molecule has 0 aliphatic carbocycles. The van der Waals surface area contributed by atoms with Crippen molar-refractivity contribution in [2.75, 3.05) is 6.54 Å². The molecule has 1 aliphatic heterocycles. The standard InChI is InChI=1S/C25H20F2N4O2/c1-2-22(32)30-13-4-6-19(30)25-29-24(20-15-28-12-14-31(20)25)16-8-10-17(11-9-16)33-21-7-3-5-18(26)23(21)27/h2-3,5,7-12,14-15,19H,1,4,6,13H2. The Bertz CT molecular complexity index is 1350. The van der Waals surface area contributed by atoms with E-state index in [9.17, 15) is 13.6 Å². The van der Waals surface area contributed by atoms with Gasteiger partial charge in [-0.25, -0.2) is 9.37 Å². The zero-order chi connectivity index (χ0) is 22.9. The lowest BCUT2D eigenvalue weighted by atomic mass is 10.1. The number of likely N-dealkylation sites (tertiary alicyclic amines) is 1. The average molecular weight is 446 g/mol. The van der Waals surface area contributed by atoms with Crippen molar-refractivity contribution in [3.8, 4) is 22.8 Å². The lowest BCUT2D eigenvalue weighted by molar-refractivity contribution is -0.127. The number of fused-ring (bicyclic) bond motifs is 1. The van der Waals surface area contributed by atoms with Crippen LogP contribution in [0.15, 0.2) is 73.7 Å². The number of hydrogen-bond donors (Lipinski definition) is 0. The summed E-state index contributed by atoms with van der Waals surface area (Å²) in [5.74, 6) is -1.18. The van der Waals surface area contributed by atoms with Crippen LogP contribution in [-0.4, -0.2) is 31.7 Å². The van der Waals surface area contributed by atoms with Crippen molar-refractivity contribution >= 4 is 11.4 Å². The highest BCUT2D eigenvalue weighted by molar-refractivity contribution is 5.87. The molecule has 4 aromatic rings. The van der Waals surface area contributed by atoms with E-state index in [-0.39, 0.29) is 17.7 Å². The Morgan fingerprint density at radius 2 is 2.00 bits per heavy atom. The minimum Gasteiger partial charge on any atom is -0.454 e. The second-order valence-electron chi connectivity index (χ2n) is 7.72. The van der Waals surface area contributed by atoms with Gasteiger partial charge in [-0.05, 0) is 55.3 Å². The van der Waals surface area contributed by atoms with Gasteiger partial charge in [0.05, 0.1) is 23.4 Å². The molecule has 3 heterocycles. The minimum atomic E-state index is -1.03. The summed E-state index contributed by atoms with van der Waals surface area (Å²) >= 11 is 0. The van der Waals surface area contributed by atoms with Gasteiger partial charge in [0.25, 0.3) is 0 Å². The van der Waals surface area contributed by atoms with Crippen LogP contribution in [0.3, 0.4) is 0 Å². The Labute approximate surface area is 188 Å². The number of aromatic nitrogens is 3. The predicted molar refractivity (Wildman–Crippen MR) is 119 cm³/mol. The molecule has 166 valence electrons. The molecule has 1 unspecified atom stereocenters. The van der Waals surface area contributed by atoms with Gasteiger partial charge in [0.15, 0.2) is 11.6 Å². The maximum atomic E-state index is 13.9. The fraction of sp³-hybridized carbons (Fsp3) is 0.160. The van der Waals surface area contributed by atoms with Gasteiger partial charge < -0.3 is 9.64 Å². The lowest BCUT2D eigenvalue weighted by Gasteiger charge is -2.22. The molecule has 2 aromatic carbocycles. The maximum Gasteiger partial charge on any atom is 0.246 e. The molecule has 8 heteroatoms.